The van der Waals surface area contributed by atoms with Gasteiger partial charge in [-0.1, -0.05) is 23.2 Å². The van der Waals surface area contributed by atoms with E-state index in [4.69, 9.17) is 25.5 Å². The van der Waals surface area contributed by atoms with Crippen LogP contribution in [0.15, 0.2) is 51.7 Å². The Morgan fingerprint density at radius 1 is 1.16 bits per heavy atom. The number of rotatable bonds is 4. The normalized spacial score (nSPS) is 10.7. The molecule has 0 unspecified atom stereocenters. The number of fused-ring (bicyclic) bond motifs is 1. The molecule has 3 rings (SSSR count). The molecule has 25 heavy (non-hydrogen) atoms. The van der Waals surface area contributed by atoms with Crippen molar-refractivity contribution in [2.24, 2.45) is 0 Å². The highest BCUT2D eigenvalue weighted by molar-refractivity contribution is 6.30. The summed E-state index contributed by atoms with van der Waals surface area (Å²) >= 11 is 5.95. The van der Waals surface area contributed by atoms with Gasteiger partial charge in [0.25, 0.3) is 0 Å². The lowest BCUT2D eigenvalue weighted by molar-refractivity contribution is 0.0434. The van der Waals surface area contributed by atoms with Crippen LogP contribution < -0.4 is 10.2 Å². The monoisotopic (exact) mass is 358 g/mol. The summed E-state index contributed by atoms with van der Waals surface area (Å²) in [4.78, 5) is 24.4. The van der Waals surface area contributed by atoms with Gasteiger partial charge in [0, 0.05) is 16.7 Å². The van der Waals surface area contributed by atoms with Gasteiger partial charge >= 0.3 is 5.97 Å². The Bertz CT molecular complexity index is 1010. The molecular weight excluding hydrogens is 344 g/mol. The zero-order valence-corrected chi connectivity index (χ0v) is 14.4. The van der Waals surface area contributed by atoms with Crippen LogP contribution in [0.2, 0.25) is 5.02 Å². The van der Waals surface area contributed by atoms with Crippen molar-refractivity contribution in [2.75, 3.05) is 7.11 Å². The second kappa shape index (κ2) is 6.99. The first-order valence-electron chi connectivity index (χ1n) is 7.52. The van der Waals surface area contributed by atoms with Crippen LogP contribution in [-0.4, -0.2) is 13.1 Å². The van der Waals surface area contributed by atoms with Crippen molar-refractivity contribution in [3.8, 4) is 5.75 Å². The van der Waals surface area contributed by atoms with Crippen LogP contribution in [0.1, 0.15) is 21.7 Å². The third-order valence-electron chi connectivity index (χ3n) is 3.69. The minimum atomic E-state index is -0.735. The first kappa shape index (κ1) is 17.0. The van der Waals surface area contributed by atoms with Crippen LogP contribution >= 0.6 is 11.6 Å². The summed E-state index contributed by atoms with van der Waals surface area (Å²) in [5.41, 5.74) is 1.59. The van der Waals surface area contributed by atoms with Crippen molar-refractivity contribution in [3.05, 3.63) is 74.6 Å². The first-order chi connectivity index (χ1) is 12.0. The standard InChI is InChI=1S/C19H15ClO5/c1-11-3-5-17-14(7-11)15(21)9-18(25-17)19(22)24-10-12-8-13(20)4-6-16(12)23-2/h3-9H,10H2,1-2H3. The molecule has 1 aromatic heterocycles. The predicted octanol–water partition coefficient (Wildman–Crippen LogP) is 4.12. The lowest BCUT2D eigenvalue weighted by atomic mass is 10.1. The minimum absolute atomic E-state index is 0.0573. The van der Waals surface area contributed by atoms with Crippen LogP contribution in [0, 0.1) is 6.92 Å². The van der Waals surface area contributed by atoms with Gasteiger partial charge in [-0.15, -0.1) is 0 Å². The second-order valence-electron chi connectivity index (χ2n) is 5.51. The van der Waals surface area contributed by atoms with Gasteiger partial charge in [-0.2, -0.15) is 0 Å². The molecule has 3 aromatic rings. The molecule has 0 atom stereocenters. The van der Waals surface area contributed by atoms with Crippen molar-refractivity contribution in [2.45, 2.75) is 13.5 Å². The van der Waals surface area contributed by atoms with Crippen LogP contribution in [0.5, 0.6) is 5.75 Å². The lowest BCUT2D eigenvalue weighted by Gasteiger charge is -2.09. The molecule has 0 saturated heterocycles. The molecule has 0 aliphatic rings. The molecule has 0 spiro atoms. The molecule has 0 bridgehead atoms. The van der Waals surface area contributed by atoms with Gasteiger partial charge in [-0.3, -0.25) is 4.79 Å². The molecule has 6 heteroatoms. The Hall–Kier alpha value is -2.79. The predicted molar refractivity (Wildman–Crippen MR) is 94.3 cm³/mol. The highest BCUT2D eigenvalue weighted by Gasteiger charge is 2.15. The van der Waals surface area contributed by atoms with Gasteiger partial charge < -0.3 is 13.9 Å². The van der Waals surface area contributed by atoms with E-state index in [2.05, 4.69) is 0 Å². The third-order valence-corrected chi connectivity index (χ3v) is 3.92. The van der Waals surface area contributed by atoms with Gasteiger partial charge in [0.2, 0.25) is 5.76 Å². The van der Waals surface area contributed by atoms with E-state index < -0.39 is 5.97 Å². The highest BCUT2D eigenvalue weighted by atomic mass is 35.5. The van der Waals surface area contributed by atoms with Crippen molar-refractivity contribution in [1.82, 2.24) is 0 Å². The van der Waals surface area contributed by atoms with E-state index in [1.807, 2.05) is 6.92 Å². The molecule has 1 heterocycles. The summed E-state index contributed by atoms with van der Waals surface area (Å²) in [6.45, 7) is 1.82. The maximum absolute atomic E-state index is 12.2. The molecule has 5 nitrogen and oxygen atoms in total. The summed E-state index contributed by atoms with van der Waals surface area (Å²) in [5, 5.41) is 0.924. The third kappa shape index (κ3) is 3.67. The Labute approximate surface area is 148 Å². The molecule has 128 valence electrons. The van der Waals surface area contributed by atoms with Crippen LogP contribution in [0.4, 0.5) is 0 Å². The molecule has 0 saturated carbocycles. The smallest absolute Gasteiger partial charge is 0.374 e. The van der Waals surface area contributed by atoms with Gasteiger partial charge in [-0.05, 0) is 37.3 Å². The number of carbonyl (C=O) groups is 1. The average Bonchev–Trinajstić information content (AvgIpc) is 2.60. The fourth-order valence-corrected chi connectivity index (χ4v) is 2.64. The number of carbonyl (C=O) groups excluding carboxylic acids is 1. The van der Waals surface area contributed by atoms with Crippen molar-refractivity contribution >= 4 is 28.5 Å². The number of hydrogen-bond acceptors (Lipinski definition) is 5. The Kier molecular flexibility index (Phi) is 4.76. The van der Waals surface area contributed by atoms with E-state index in [9.17, 15) is 9.59 Å². The van der Waals surface area contributed by atoms with Gasteiger partial charge in [-0.25, -0.2) is 4.79 Å². The fourth-order valence-electron chi connectivity index (χ4n) is 2.45. The van der Waals surface area contributed by atoms with Crippen molar-refractivity contribution in [1.29, 1.82) is 0 Å². The topological polar surface area (TPSA) is 65.7 Å². The van der Waals surface area contributed by atoms with Crippen LogP contribution in [0.3, 0.4) is 0 Å². The van der Waals surface area contributed by atoms with Crippen LogP contribution in [0.25, 0.3) is 11.0 Å². The van der Waals surface area contributed by atoms with Gasteiger partial charge in [0.1, 0.15) is 17.9 Å². The van der Waals surface area contributed by atoms with E-state index in [1.54, 1.807) is 36.4 Å². The van der Waals surface area contributed by atoms with E-state index >= 15 is 0 Å². The fraction of sp³-hybridized carbons (Fsp3) is 0.158. The van der Waals surface area contributed by atoms with Crippen LogP contribution in [-0.2, 0) is 11.3 Å². The Morgan fingerprint density at radius 2 is 1.96 bits per heavy atom. The zero-order valence-electron chi connectivity index (χ0n) is 13.7. The maximum Gasteiger partial charge on any atom is 0.374 e. The highest BCUT2D eigenvalue weighted by Crippen LogP contribution is 2.24. The van der Waals surface area contributed by atoms with E-state index in [0.717, 1.165) is 11.6 Å². The number of hydrogen-bond donors (Lipinski definition) is 0. The molecule has 2 aromatic carbocycles. The second-order valence-corrected chi connectivity index (χ2v) is 5.94. The summed E-state index contributed by atoms with van der Waals surface area (Å²) in [7, 11) is 1.51. The summed E-state index contributed by atoms with van der Waals surface area (Å²) in [6, 6.07) is 11.3. The molecule has 0 amide bonds. The molecular formula is C19H15ClO5. The Morgan fingerprint density at radius 3 is 2.72 bits per heavy atom. The van der Waals surface area contributed by atoms with E-state index in [0.29, 0.717) is 27.3 Å². The molecule has 0 fully saturated rings. The maximum atomic E-state index is 12.2. The molecule has 0 radical (unpaired) electrons. The number of halogens is 1. The van der Waals surface area contributed by atoms with E-state index in [-0.39, 0.29) is 17.8 Å². The number of ether oxygens (including phenoxy) is 2. The largest absolute Gasteiger partial charge is 0.496 e. The Balaban J connectivity index is 1.85. The number of esters is 1. The average molecular weight is 359 g/mol. The van der Waals surface area contributed by atoms with Gasteiger partial charge in [0.05, 0.1) is 12.5 Å². The minimum Gasteiger partial charge on any atom is -0.496 e. The lowest BCUT2D eigenvalue weighted by Crippen LogP contribution is -2.10. The summed E-state index contributed by atoms with van der Waals surface area (Å²) < 4.78 is 15.9. The summed E-state index contributed by atoms with van der Waals surface area (Å²) in [6.07, 6.45) is 0. The summed E-state index contributed by atoms with van der Waals surface area (Å²) in [5.74, 6) is -0.336. The van der Waals surface area contributed by atoms with Crippen molar-refractivity contribution < 1.29 is 18.7 Å². The SMILES string of the molecule is COc1ccc(Cl)cc1COC(=O)c1cc(=O)c2cc(C)ccc2o1. The number of aryl methyl sites for hydroxylation is 1. The molecule has 0 aliphatic carbocycles. The number of benzene rings is 2. The quantitative estimate of drug-likeness (QED) is 0.656. The first-order valence-corrected chi connectivity index (χ1v) is 7.90. The number of methoxy groups -OCH3 is 1. The zero-order chi connectivity index (χ0) is 18.0. The van der Waals surface area contributed by atoms with E-state index in [1.165, 1.54) is 7.11 Å². The molecule has 0 aliphatic heterocycles. The van der Waals surface area contributed by atoms with Crippen molar-refractivity contribution in [3.63, 3.8) is 0 Å². The molecule has 0 N–H and O–H groups in total. The van der Waals surface area contributed by atoms with Gasteiger partial charge in [0.15, 0.2) is 5.43 Å².